The third-order valence-corrected chi connectivity index (χ3v) is 20.6. The van der Waals surface area contributed by atoms with Crippen LogP contribution in [0.3, 0.4) is 0 Å². The Balaban J connectivity index is 0.549. The molecule has 0 spiro atoms. The second-order valence-electron chi connectivity index (χ2n) is 27.2. The van der Waals surface area contributed by atoms with Crippen molar-refractivity contribution < 1.29 is 81.8 Å². The van der Waals surface area contributed by atoms with Gasteiger partial charge < -0.3 is 94.0 Å². The molecule has 12 atom stereocenters. The lowest BCUT2D eigenvalue weighted by Gasteiger charge is -2.38. The first-order chi connectivity index (χ1) is 53.6. The number of carbonyl (C=O) groups excluding carboxylic acids is 3. The van der Waals surface area contributed by atoms with Crippen LogP contribution in [0.25, 0.3) is 33.1 Å². The van der Waals surface area contributed by atoms with Crippen LogP contribution in [-0.2, 0) is 28.4 Å². The molecular formula is C80H78ClFN12O16. The standard InChI is InChI=1S/C80H78ClFN12O16/c1-41-23-47(109-45-13-7-9-42(24-45)70(97)65-30-63(103-3)60(37-107-65)93-79-69-56(33-85-77(69)88-39-90-79)74(101)53-20-17-49(27-58(53)82)108-44-11-5-4-6-12-44)15-18-51(41)72(99)54-31-83-75-67(54)78(89-38-86-75)92-59-36-106-66(29-62(59)102-2)71(98)43-10-8-14-46(25-43)110-48-16-19-52(57(81)26-48)73(100)55-32-84-76-68(55)80(91-40-87-76)94-61-35-105-50(34-96)28-64(61)104-22-21-95/h4-20,23-25,27,31-33,38-40,48,50,59-66,70-71,95-98H,21-22,26,28-30,34-37H2,1-3H3,(H2,83,86,89,92)(H2,84,87,91,94)(H2,85,88,90,93)/t48?,50-,59-,60-,61-,62+,63+,64+,65-,66-,70?,71?/m0/s1. The molecule has 0 radical (unpaired) electrons. The van der Waals surface area contributed by atoms with E-state index in [2.05, 4.69) is 60.8 Å². The molecule has 3 saturated heterocycles. The van der Waals surface area contributed by atoms with E-state index >= 15 is 4.39 Å². The van der Waals surface area contributed by atoms with Gasteiger partial charge in [-0.15, -0.1) is 0 Å². The Hall–Kier alpha value is -10.9. The summed E-state index contributed by atoms with van der Waals surface area (Å²) in [6, 6.07) is 30.8. The van der Waals surface area contributed by atoms with Crippen LogP contribution in [0.15, 0.2) is 176 Å². The molecule has 28 nitrogen and oxygen atoms in total. The second kappa shape index (κ2) is 33.1. The number of benzene rings is 5. The molecule has 0 saturated carbocycles. The zero-order valence-electron chi connectivity index (χ0n) is 59.7. The largest absolute Gasteiger partial charge is 0.486 e. The van der Waals surface area contributed by atoms with Gasteiger partial charge in [0, 0.05) is 80.7 Å². The first-order valence-corrected chi connectivity index (χ1v) is 36.2. The molecular weight excluding hydrogens is 1440 g/mol. The summed E-state index contributed by atoms with van der Waals surface area (Å²) in [7, 11) is 3.14. The highest BCUT2D eigenvalue weighted by Gasteiger charge is 2.40. The van der Waals surface area contributed by atoms with E-state index in [1.165, 1.54) is 43.4 Å². The van der Waals surface area contributed by atoms with Gasteiger partial charge in [0.1, 0.15) is 106 Å². The number of nitrogens with one attached hydrogen (secondary N) is 6. The fraction of sp³-hybridized carbons (Fsp3) is 0.312. The van der Waals surface area contributed by atoms with Crippen LogP contribution < -0.4 is 30.2 Å². The first-order valence-electron chi connectivity index (χ1n) is 35.8. The van der Waals surface area contributed by atoms with E-state index in [1.54, 1.807) is 130 Å². The fourth-order valence-electron chi connectivity index (χ4n) is 14.6. The average molecular weight is 1520 g/mol. The summed E-state index contributed by atoms with van der Waals surface area (Å²) in [4.78, 5) is 78.8. The van der Waals surface area contributed by atoms with Crippen molar-refractivity contribution in [1.29, 1.82) is 0 Å². The lowest BCUT2D eigenvalue weighted by molar-refractivity contribution is -0.112. The number of H-pyrrole nitrogens is 3. The number of aryl methyl sites for hydroxylation is 1. The van der Waals surface area contributed by atoms with Gasteiger partial charge in [0.05, 0.1) is 133 Å². The highest BCUT2D eigenvalue weighted by molar-refractivity contribution is 6.34. The number of carbonyl (C=O) groups is 3. The smallest absolute Gasteiger partial charge is 0.198 e. The molecule has 30 heteroatoms. The zero-order valence-corrected chi connectivity index (χ0v) is 60.5. The number of Topliss-reactive ketones (excluding diaryl/α,β-unsaturated/α-hetero) is 1. The number of fused-ring (bicyclic) bond motifs is 3. The summed E-state index contributed by atoms with van der Waals surface area (Å²) in [6.45, 7) is 1.90. The quantitative estimate of drug-likeness (QED) is 0.0204. The van der Waals surface area contributed by atoms with Crippen LogP contribution in [0.2, 0.25) is 0 Å². The Bertz CT molecular complexity index is 5260. The molecule has 0 amide bonds. The van der Waals surface area contributed by atoms with Crippen molar-refractivity contribution in [2.75, 3.05) is 69.8 Å². The van der Waals surface area contributed by atoms with Crippen LogP contribution >= 0.6 is 11.6 Å². The van der Waals surface area contributed by atoms with E-state index in [9.17, 15) is 34.8 Å². The lowest BCUT2D eigenvalue weighted by Crippen LogP contribution is -2.48. The predicted molar refractivity (Wildman–Crippen MR) is 402 cm³/mol. The van der Waals surface area contributed by atoms with Gasteiger partial charge in [0.2, 0.25) is 0 Å². The maximum Gasteiger partial charge on any atom is 0.198 e. The van der Waals surface area contributed by atoms with Crippen molar-refractivity contribution in [3.8, 4) is 28.7 Å². The van der Waals surface area contributed by atoms with Crippen molar-refractivity contribution in [1.82, 2.24) is 44.9 Å². The number of hydrogen-bond donors (Lipinski definition) is 10. The van der Waals surface area contributed by atoms with E-state index in [0.717, 1.165) is 0 Å². The number of anilines is 3. The van der Waals surface area contributed by atoms with E-state index in [-0.39, 0.29) is 104 Å². The maximum absolute atomic E-state index is 15.6. The first kappa shape index (κ1) is 74.5. The number of allylic oxidation sites excluding steroid dienone is 2. The minimum Gasteiger partial charge on any atom is -0.486 e. The van der Waals surface area contributed by atoms with Crippen LogP contribution in [0, 0.1) is 12.7 Å². The van der Waals surface area contributed by atoms with Gasteiger partial charge in [-0.25, -0.2) is 34.3 Å². The Kier molecular flexibility index (Phi) is 22.4. The van der Waals surface area contributed by atoms with Gasteiger partial charge in [0.25, 0.3) is 0 Å². The molecule has 11 aromatic rings. The van der Waals surface area contributed by atoms with Gasteiger partial charge >= 0.3 is 0 Å². The number of ketones is 3. The Morgan fingerprint density at radius 2 is 1.05 bits per heavy atom. The van der Waals surface area contributed by atoms with Crippen molar-refractivity contribution in [3.63, 3.8) is 0 Å². The van der Waals surface area contributed by atoms with Crippen molar-refractivity contribution in [3.05, 3.63) is 226 Å². The van der Waals surface area contributed by atoms with Crippen LogP contribution in [-0.4, -0.2) is 197 Å². The molecule has 10 N–H and O–H groups in total. The van der Waals surface area contributed by atoms with Crippen LogP contribution in [0.1, 0.15) is 96.8 Å². The molecule has 3 fully saturated rings. The van der Waals surface area contributed by atoms with Gasteiger partial charge in [-0.1, -0.05) is 60.1 Å². The number of halogens is 2. The van der Waals surface area contributed by atoms with Gasteiger partial charge in [-0.3, -0.25) is 14.4 Å². The second-order valence-corrected chi connectivity index (χ2v) is 27.6. The van der Waals surface area contributed by atoms with E-state index in [1.807, 2.05) is 13.0 Å². The lowest BCUT2D eigenvalue weighted by atomic mass is 9.94. The average Bonchev–Trinajstić information content (AvgIpc) is 1.60. The maximum atomic E-state index is 15.6. The summed E-state index contributed by atoms with van der Waals surface area (Å²) < 4.78 is 70.6. The number of aliphatic hydroxyl groups is 4. The number of methoxy groups -OCH3 is 2. The Labute approximate surface area is 633 Å². The van der Waals surface area contributed by atoms with Gasteiger partial charge in [0.15, 0.2) is 17.3 Å². The van der Waals surface area contributed by atoms with Gasteiger partial charge in [-0.2, -0.15) is 0 Å². The fourth-order valence-corrected chi connectivity index (χ4v) is 14.9. The number of hydrogen-bond acceptors (Lipinski definition) is 25. The number of ether oxygens (including phenoxy) is 9. The monoisotopic (exact) mass is 1520 g/mol. The Morgan fingerprint density at radius 3 is 1.59 bits per heavy atom. The molecule has 3 aliphatic heterocycles. The number of aromatic amines is 3. The number of nitrogens with zero attached hydrogens (tertiary/aromatic N) is 6. The molecule has 15 rings (SSSR count). The summed E-state index contributed by atoms with van der Waals surface area (Å²) >= 11 is 6.92. The zero-order chi connectivity index (χ0) is 76.1. The number of aliphatic hydroxyl groups excluding tert-OH is 4. The van der Waals surface area contributed by atoms with Crippen LogP contribution in [0.5, 0.6) is 28.7 Å². The predicted octanol–water partition coefficient (Wildman–Crippen LogP) is 10.7. The molecule has 0 bridgehead atoms. The third kappa shape index (κ3) is 15.8. The highest BCUT2D eigenvalue weighted by Crippen LogP contribution is 2.40. The molecule has 9 heterocycles. The van der Waals surface area contributed by atoms with Crippen molar-refractivity contribution in [2.45, 2.75) is 106 Å². The van der Waals surface area contributed by atoms with E-state index in [4.69, 9.17) is 54.2 Å². The summed E-state index contributed by atoms with van der Waals surface area (Å²) in [5.41, 5.74) is 4.12. The number of aromatic nitrogens is 9. The van der Waals surface area contributed by atoms with E-state index < -0.39 is 84.7 Å². The normalized spacial score (nSPS) is 22.0. The van der Waals surface area contributed by atoms with Crippen molar-refractivity contribution >= 4 is 79.5 Å². The minimum atomic E-state index is -1.10. The molecule has 1 aliphatic carbocycles. The number of para-hydroxylation sites is 1. The molecule has 3 unspecified atom stereocenters. The molecule has 110 heavy (non-hydrogen) atoms. The Morgan fingerprint density at radius 1 is 0.564 bits per heavy atom. The SMILES string of the molecule is CO[C@@H]1C[C@@H](C(O)c2cccc(OC3C=CC(C(=O)c4c[nH]c5ncnc(N[C@H]6CO[C@H](CO)C[C@H]6OCCO)c45)=C(Cl)C3)c2)OC[C@@H]1Nc1ncnc2[nH]cc(C(=O)c3ccc(Oc4cccc(C(O)[C@@H]5C[C@@H](OC)[C@@H](Nc6ncnc7[nH]cc(C(=O)c8ccc(Oc9ccccc9)cc8F)c67)CO5)c4)cc3C)c12. The topological polar surface area (TPSA) is 376 Å². The van der Waals surface area contributed by atoms with E-state index in [0.29, 0.717) is 108 Å². The minimum absolute atomic E-state index is 0.0779. The summed E-state index contributed by atoms with van der Waals surface area (Å²) in [5.74, 6) is 1.08. The summed E-state index contributed by atoms with van der Waals surface area (Å²) in [6.07, 6.45) is 7.20. The van der Waals surface area contributed by atoms with Gasteiger partial charge in [-0.05, 0) is 96.4 Å². The molecule has 568 valence electrons. The molecule has 4 aliphatic rings. The molecule has 5 aromatic carbocycles. The van der Waals surface area contributed by atoms with Crippen LogP contribution in [0.4, 0.5) is 21.8 Å². The molecule has 6 aromatic heterocycles. The number of rotatable bonds is 28. The summed E-state index contributed by atoms with van der Waals surface area (Å²) in [5, 5.41) is 54.7. The third-order valence-electron chi connectivity index (χ3n) is 20.2. The van der Waals surface area contributed by atoms with Crippen molar-refractivity contribution in [2.24, 2.45) is 0 Å². The highest BCUT2D eigenvalue weighted by atomic mass is 35.5.